The lowest BCUT2D eigenvalue weighted by molar-refractivity contribution is 0.961. The largest absolute Gasteiger partial charge is 0.236 e. The van der Waals surface area contributed by atoms with Crippen molar-refractivity contribution >= 4 is 13.4 Å². The Hall–Kier alpha value is -0.880. The van der Waals surface area contributed by atoms with Gasteiger partial charge < -0.3 is 0 Å². The molecule has 0 aliphatic heterocycles. The molecule has 0 spiro atoms. The summed E-state index contributed by atoms with van der Waals surface area (Å²) < 4.78 is 1.88. The van der Waals surface area contributed by atoms with Crippen LogP contribution in [0.2, 0.25) is 0 Å². The monoisotopic (exact) mass is 136 g/mol. The fourth-order valence-electron chi connectivity index (χ4n) is 0.766. The number of fused-ring (bicyclic) bond motifs is 1. The maximum absolute atomic E-state index is 4.08. The summed E-state index contributed by atoms with van der Waals surface area (Å²) in [5, 5.41) is 5.31. The van der Waals surface area contributed by atoms with Crippen LogP contribution in [0.15, 0.2) is 30.3 Å². The molecule has 0 aliphatic rings. The molecule has 0 bridgehead atoms. The van der Waals surface area contributed by atoms with Crippen LogP contribution in [0.25, 0.3) is 5.25 Å². The molecule has 0 radical (unpaired) electrons. The van der Waals surface area contributed by atoms with Gasteiger partial charge in [-0.1, -0.05) is 6.07 Å². The second-order valence-electron chi connectivity index (χ2n) is 1.76. The van der Waals surface area contributed by atoms with E-state index in [2.05, 4.69) is 11.2 Å². The fourth-order valence-corrected chi connectivity index (χ4v) is 1.46. The van der Waals surface area contributed by atoms with Crippen molar-refractivity contribution < 1.29 is 0 Å². The minimum atomic E-state index is 1.20. The lowest BCUT2D eigenvalue weighted by Crippen LogP contribution is -1.81. The van der Waals surface area contributed by atoms with Crippen LogP contribution in [-0.2, 0) is 0 Å². The molecule has 3 heteroatoms. The molecule has 0 amide bonds. The average molecular weight is 136 g/mol. The summed E-state index contributed by atoms with van der Waals surface area (Å²) in [7, 11) is 1.20. The highest BCUT2D eigenvalue weighted by Crippen LogP contribution is 2.12. The standard InChI is InChI=1S/C6H5N2P/c1-2-4-8-6(3-1)9-5-7-8/h1-5H. The third kappa shape index (κ3) is 0.718. The molecule has 0 aromatic carbocycles. The molecule has 2 rings (SSSR count). The van der Waals surface area contributed by atoms with E-state index in [1.807, 2.05) is 28.8 Å². The Balaban J connectivity index is 2.95. The molecule has 2 heterocycles. The lowest BCUT2D eigenvalue weighted by atomic mass is 10.5. The highest BCUT2D eigenvalue weighted by atomic mass is 31.0. The first-order valence-corrected chi connectivity index (χ1v) is 3.67. The molecule has 9 heavy (non-hydrogen) atoms. The Bertz CT molecular complexity index is 285. The Morgan fingerprint density at radius 1 is 1.44 bits per heavy atom. The van der Waals surface area contributed by atoms with Gasteiger partial charge in [0, 0.05) is 6.20 Å². The normalized spacial score (nSPS) is 11.1. The topological polar surface area (TPSA) is 17.3 Å². The summed E-state index contributed by atoms with van der Waals surface area (Å²) in [6.07, 6.45) is 1.95. The Morgan fingerprint density at radius 2 is 2.44 bits per heavy atom. The molecular formula is C6H5N2P. The van der Waals surface area contributed by atoms with Gasteiger partial charge in [-0.15, -0.1) is 0 Å². The molecule has 2 aromatic rings. The van der Waals surface area contributed by atoms with Gasteiger partial charge in [0.2, 0.25) is 0 Å². The third-order valence-corrected chi connectivity index (χ3v) is 2.02. The lowest BCUT2D eigenvalue weighted by Gasteiger charge is -1.85. The van der Waals surface area contributed by atoms with E-state index < -0.39 is 0 Å². The fraction of sp³-hybridized carbons (Fsp3) is 0. The smallest absolute Gasteiger partial charge is 0.0928 e. The van der Waals surface area contributed by atoms with Crippen molar-refractivity contribution in [3.8, 4) is 0 Å². The van der Waals surface area contributed by atoms with E-state index in [9.17, 15) is 0 Å². The van der Waals surface area contributed by atoms with Gasteiger partial charge in [-0.2, -0.15) is 5.10 Å². The van der Waals surface area contributed by atoms with Crippen molar-refractivity contribution in [3.05, 3.63) is 30.3 Å². The minimum Gasteiger partial charge on any atom is -0.236 e. The van der Waals surface area contributed by atoms with Crippen LogP contribution < -0.4 is 0 Å². The Morgan fingerprint density at radius 3 is 3.33 bits per heavy atom. The molecule has 0 fully saturated rings. The van der Waals surface area contributed by atoms with Gasteiger partial charge in [0.15, 0.2) is 0 Å². The molecular weight excluding hydrogens is 131 g/mol. The zero-order valence-corrected chi connectivity index (χ0v) is 5.62. The van der Waals surface area contributed by atoms with Crippen molar-refractivity contribution in [3.63, 3.8) is 0 Å². The second kappa shape index (κ2) is 1.82. The van der Waals surface area contributed by atoms with E-state index in [1.54, 1.807) is 0 Å². The second-order valence-corrected chi connectivity index (χ2v) is 2.71. The van der Waals surface area contributed by atoms with Gasteiger partial charge in [-0.3, -0.25) is 0 Å². The first-order chi connectivity index (χ1) is 4.47. The summed E-state index contributed by atoms with van der Waals surface area (Å²) in [4.78, 5) is 0. The summed E-state index contributed by atoms with van der Waals surface area (Å²) in [5.41, 5.74) is 0. The first kappa shape index (κ1) is 4.95. The van der Waals surface area contributed by atoms with Crippen LogP contribution >= 0.6 is 8.19 Å². The zero-order valence-electron chi connectivity index (χ0n) is 4.73. The number of aromatic nitrogens is 2. The van der Waals surface area contributed by atoms with Gasteiger partial charge in [-0.05, 0) is 20.3 Å². The van der Waals surface area contributed by atoms with Crippen molar-refractivity contribution in [1.82, 2.24) is 9.61 Å². The van der Waals surface area contributed by atoms with Crippen LogP contribution in [0.1, 0.15) is 0 Å². The molecule has 0 aliphatic carbocycles. The molecule has 44 valence electrons. The molecule has 0 saturated heterocycles. The van der Waals surface area contributed by atoms with Gasteiger partial charge >= 0.3 is 0 Å². The third-order valence-electron chi connectivity index (χ3n) is 1.18. The summed E-state index contributed by atoms with van der Waals surface area (Å²) >= 11 is 0. The van der Waals surface area contributed by atoms with E-state index in [0.29, 0.717) is 0 Å². The van der Waals surface area contributed by atoms with E-state index in [-0.39, 0.29) is 0 Å². The Labute approximate surface area is 54.2 Å². The maximum atomic E-state index is 4.08. The van der Waals surface area contributed by atoms with Gasteiger partial charge in [0.1, 0.15) is 0 Å². The Kier molecular flexibility index (Phi) is 0.998. The summed E-state index contributed by atoms with van der Waals surface area (Å²) in [6, 6.07) is 6.06. The predicted molar refractivity (Wildman–Crippen MR) is 37.7 cm³/mol. The van der Waals surface area contributed by atoms with E-state index >= 15 is 0 Å². The predicted octanol–water partition coefficient (Wildman–Crippen LogP) is 1.91. The number of hydrogen-bond acceptors (Lipinski definition) is 1. The van der Waals surface area contributed by atoms with Crippen molar-refractivity contribution in [2.75, 3.05) is 0 Å². The number of rotatable bonds is 0. The van der Waals surface area contributed by atoms with E-state index in [1.165, 1.54) is 13.4 Å². The highest BCUT2D eigenvalue weighted by molar-refractivity contribution is 7.34. The zero-order chi connectivity index (χ0) is 6.10. The van der Waals surface area contributed by atoms with Gasteiger partial charge in [-0.25, -0.2) is 4.52 Å². The first-order valence-electron chi connectivity index (χ1n) is 2.71. The minimum absolute atomic E-state index is 1.20. The molecule has 0 N–H and O–H groups in total. The molecule has 0 saturated carbocycles. The van der Waals surface area contributed by atoms with Crippen molar-refractivity contribution in [2.24, 2.45) is 0 Å². The van der Waals surface area contributed by atoms with Gasteiger partial charge in [0.05, 0.1) is 11.2 Å². The molecule has 0 atom stereocenters. The quantitative estimate of drug-likeness (QED) is 0.540. The van der Waals surface area contributed by atoms with Crippen LogP contribution in [-0.4, -0.2) is 9.61 Å². The van der Waals surface area contributed by atoms with Crippen molar-refractivity contribution in [2.45, 2.75) is 0 Å². The molecule has 2 aromatic heterocycles. The summed E-state index contributed by atoms with van der Waals surface area (Å²) in [5.74, 6) is 1.88. The number of pyridine rings is 1. The number of nitrogens with zero attached hydrogens (tertiary/aromatic N) is 2. The maximum Gasteiger partial charge on any atom is 0.0928 e. The SMILES string of the molecule is c1ccn2ncpc2c1. The van der Waals surface area contributed by atoms with Crippen LogP contribution in [0.5, 0.6) is 0 Å². The molecule has 0 unspecified atom stereocenters. The number of hydrogen-bond donors (Lipinski definition) is 0. The van der Waals surface area contributed by atoms with Crippen molar-refractivity contribution in [1.29, 1.82) is 0 Å². The van der Waals surface area contributed by atoms with E-state index in [0.717, 1.165) is 0 Å². The average Bonchev–Trinajstić information content (AvgIpc) is 2.33. The van der Waals surface area contributed by atoms with E-state index in [4.69, 9.17) is 0 Å². The highest BCUT2D eigenvalue weighted by Gasteiger charge is 1.86. The van der Waals surface area contributed by atoms with Crippen LogP contribution in [0, 0.1) is 0 Å². The van der Waals surface area contributed by atoms with Crippen LogP contribution in [0.4, 0.5) is 0 Å². The van der Waals surface area contributed by atoms with Crippen LogP contribution in [0.3, 0.4) is 0 Å². The van der Waals surface area contributed by atoms with Gasteiger partial charge in [0.25, 0.3) is 0 Å². The summed E-state index contributed by atoms with van der Waals surface area (Å²) in [6.45, 7) is 0. The molecule has 2 nitrogen and oxygen atoms in total.